The highest BCUT2D eigenvalue weighted by atomic mass is 16.5. The molecule has 0 bridgehead atoms. The first-order valence-corrected chi connectivity index (χ1v) is 16.0. The number of hydrogen-bond acceptors (Lipinski definition) is 7. The Morgan fingerprint density at radius 2 is 1.67 bits per heavy atom. The minimum atomic E-state index is -0.381. The number of anilines is 3. The molecule has 0 fully saturated rings. The molecule has 1 aliphatic rings. The summed E-state index contributed by atoms with van der Waals surface area (Å²) >= 11 is 0. The molecule has 0 saturated carbocycles. The molecule has 246 valence electrons. The topological polar surface area (TPSA) is 137 Å². The van der Waals surface area contributed by atoms with E-state index in [2.05, 4.69) is 41.6 Å². The second kappa shape index (κ2) is 16.8. The predicted molar refractivity (Wildman–Crippen MR) is 182 cm³/mol. The van der Waals surface area contributed by atoms with Crippen LogP contribution in [0, 0.1) is 5.92 Å². The van der Waals surface area contributed by atoms with Gasteiger partial charge in [0.1, 0.15) is 11.9 Å². The van der Waals surface area contributed by atoms with Crippen molar-refractivity contribution in [1.82, 2.24) is 9.80 Å². The molecule has 0 aromatic heterocycles. The molecule has 1 heterocycles. The average Bonchev–Trinajstić information content (AvgIpc) is 3.04. The summed E-state index contributed by atoms with van der Waals surface area (Å²) in [6.07, 6.45) is 2.41. The Balaban J connectivity index is 1.35. The number of ether oxygens (including phenoxy) is 1. The molecule has 3 amide bonds. The van der Waals surface area contributed by atoms with Crippen molar-refractivity contribution in [2.75, 3.05) is 43.1 Å². The number of nitrogens with two attached hydrogens (primary N) is 1. The molecule has 0 radical (unpaired) electrons. The van der Waals surface area contributed by atoms with Gasteiger partial charge in [0.15, 0.2) is 0 Å². The summed E-state index contributed by atoms with van der Waals surface area (Å²) in [4.78, 5) is 42.7. The number of carbonyl (C=O) groups is 3. The number of carbonyl (C=O) groups excluding carboxylic acids is 3. The van der Waals surface area contributed by atoms with Crippen LogP contribution in [0.1, 0.15) is 61.9 Å². The third kappa shape index (κ3) is 9.79. The summed E-state index contributed by atoms with van der Waals surface area (Å²) in [6, 6.07) is 22.1. The number of nitrogens with zero attached hydrogens (tertiary/aromatic N) is 2. The van der Waals surface area contributed by atoms with E-state index in [0.29, 0.717) is 67.1 Å². The van der Waals surface area contributed by atoms with Crippen molar-refractivity contribution in [2.24, 2.45) is 5.92 Å². The first-order chi connectivity index (χ1) is 22.1. The number of aliphatic hydroxyl groups excluding tert-OH is 1. The van der Waals surface area contributed by atoms with Gasteiger partial charge in [0, 0.05) is 44.1 Å². The normalized spacial score (nSPS) is 17.0. The fourth-order valence-electron chi connectivity index (χ4n) is 5.58. The van der Waals surface area contributed by atoms with Crippen LogP contribution in [-0.2, 0) is 16.1 Å². The third-order valence-corrected chi connectivity index (χ3v) is 8.28. The van der Waals surface area contributed by atoms with Crippen LogP contribution in [0.4, 0.5) is 17.1 Å². The molecule has 3 aromatic rings. The first-order valence-electron chi connectivity index (χ1n) is 16.0. The number of unbranched alkanes of at least 4 members (excludes halogenated alkanes) is 2. The zero-order valence-corrected chi connectivity index (χ0v) is 27.1. The monoisotopic (exact) mass is 629 g/mol. The van der Waals surface area contributed by atoms with Gasteiger partial charge in [-0.25, -0.2) is 0 Å². The number of aliphatic hydroxyl groups is 1. The second-order valence-corrected chi connectivity index (χ2v) is 12.3. The van der Waals surface area contributed by atoms with E-state index in [1.165, 1.54) is 5.56 Å². The highest BCUT2D eigenvalue weighted by Gasteiger charge is 2.33. The zero-order chi connectivity index (χ0) is 33.1. The Bertz CT molecular complexity index is 1470. The number of fused-ring (bicyclic) bond motifs is 1. The Labute approximate surface area is 271 Å². The van der Waals surface area contributed by atoms with E-state index in [0.717, 1.165) is 6.54 Å². The van der Waals surface area contributed by atoms with Gasteiger partial charge in [0.25, 0.3) is 5.91 Å². The Kier molecular flexibility index (Phi) is 12.6. The summed E-state index contributed by atoms with van der Waals surface area (Å²) in [5.41, 5.74) is 9.06. The summed E-state index contributed by atoms with van der Waals surface area (Å²) in [7, 11) is 2.05. The number of benzene rings is 3. The van der Waals surface area contributed by atoms with E-state index in [1.807, 2.05) is 37.3 Å². The van der Waals surface area contributed by atoms with Crippen molar-refractivity contribution in [2.45, 2.75) is 64.6 Å². The van der Waals surface area contributed by atoms with Crippen molar-refractivity contribution < 1.29 is 24.2 Å². The lowest BCUT2D eigenvalue weighted by Crippen LogP contribution is -2.49. The molecule has 10 nitrogen and oxygen atoms in total. The summed E-state index contributed by atoms with van der Waals surface area (Å²) in [5, 5.41) is 15.7. The van der Waals surface area contributed by atoms with Crippen LogP contribution in [0.3, 0.4) is 0 Å². The number of nitrogens with one attached hydrogen (secondary N) is 2. The largest absolute Gasteiger partial charge is 0.488 e. The number of para-hydroxylation sites is 2. The zero-order valence-electron chi connectivity index (χ0n) is 27.1. The summed E-state index contributed by atoms with van der Waals surface area (Å²) in [6.45, 7) is 5.57. The van der Waals surface area contributed by atoms with Crippen molar-refractivity contribution >= 4 is 34.8 Å². The molecule has 0 spiro atoms. The summed E-state index contributed by atoms with van der Waals surface area (Å²) in [5.74, 6) is -0.0648. The smallest absolute Gasteiger partial charge is 0.258 e. The van der Waals surface area contributed by atoms with Crippen LogP contribution < -0.4 is 21.1 Å². The lowest BCUT2D eigenvalue weighted by molar-refractivity contribution is -0.116. The van der Waals surface area contributed by atoms with Gasteiger partial charge in [0.2, 0.25) is 11.8 Å². The second-order valence-electron chi connectivity index (χ2n) is 12.3. The number of nitrogen functional groups attached to an aromatic ring is 1. The fourth-order valence-corrected chi connectivity index (χ4v) is 5.58. The maximum absolute atomic E-state index is 13.7. The molecule has 3 atom stereocenters. The Morgan fingerprint density at radius 3 is 2.37 bits per heavy atom. The van der Waals surface area contributed by atoms with E-state index in [9.17, 15) is 19.5 Å². The third-order valence-electron chi connectivity index (χ3n) is 8.28. The van der Waals surface area contributed by atoms with Crippen LogP contribution >= 0.6 is 0 Å². The van der Waals surface area contributed by atoms with Crippen LogP contribution in [0.2, 0.25) is 0 Å². The van der Waals surface area contributed by atoms with Gasteiger partial charge in [-0.1, -0.05) is 55.8 Å². The molecule has 46 heavy (non-hydrogen) atoms. The molecule has 0 saturated heterocycles. The molecule has 0 unspecified atom stereocenters. The average molecular weight is 630 g/mol. The van der Waals surface area contributed by atoms with Crippen LogP contribution in [0.15, 0.2) is 72.8 Å². The minimum Gasteiger partial charge on any atom is -0.488 e. The van der Waals surface area contributed by atoms with Gasteiger partial charge in [-0.05, 0) is 62.7 Å². The first kappa shape index (κ1) is 34.5. The van der Waals surface area contributed by atoms with Gasteiger partial charge >= 0.3 is 0 Å². The fraction of sp³-hybridized carbons (Fsp3) is 0.417. The van der Waals surface area contributed by atoms with E-state index in [1.54, 1.807) is 35.2 Å². The molecule has 0 aliphatic carbocycles. The van der Waals surface area contributed by atoms with E-state index in [-0.39, 0.29) is 48.8 Å². The molecule has 3 aromatic carbocycles. The molecule has 1 aliphatic heterocycles. The highest BCUT2D eigenvalue weighted by Crippen LogP contribution is 2.31. The van der Waals surface area contributed by atoms with E-state index < -0.39 is 0 Å². The van der Waals surface area contributed by atoms with Gasteiger partial charge in [0.05, 0.1) is 29.6 Å². The molecule has 5 N–H and O–H groups in total. The van der Waals surface area contributed by atoms with Crippen LogP contribution in [0.25, 0.3) is 0 Å². The number of hydrogen-bond donors (Lipinski definition) is 4. The Hall–Kier alpha value is -4.41. The SMILES string of the molecule is C[C@@H]1CN([C@H](C)CO)C(=O)c2cc(NC(=O)CCCCCC(=O)Nc3ccccc3N)ccc2O[C@H]1CN(C)Cc1ccccc1. The van der Waals surface area contributed by atoms with Gasteiger partial charge in [-0.2, -0.15) is 0 Å². The van der Waals surface area contributed by atoms with Crippen molar-refractivity contribution in [3.63, 3.8) is 0 Å². The maximum atomic E-state index is 13.7. The Morgan fingerprint density at radius 1 is 1.00 bits per heavy atom. The van der Waals surface area contributed by atoms with Crippen molar-refractivity contribution in [3.05, 3.63) is 83.9 Å². The quantitative estimate of drug-likeness (QED) is 0.143. The van der Waals surface area contributed by atoms with Crippen LogP contribution in [-0.4, -0.2) is 71.5 Å². The van der Waals surface area contributed by atoms with E-state index >= 15 is 0 Å². The molecule has 10 heteroatoms. The number of likely N-dealkylation sites (N-methyl/N-ethyl adjacent to an activating group) is 1. The molecule has 4 rings (SSSR count). The van der Waals surface area contributed by atoms with Crippen LogP contribution in [0.5, 0.6) is 5.75 Å². The predicted octanol–water partition coefficient (Wildman–Crippen LogP) is 5.15. The van der Waals surface area contributed by atoms with Crippen molar-refractivity contribution in [1.29, 1.82) is 0 Å². The standard InChI is InChI=1S/C36H47N5O5/c1-25-21-41(26(2)24-42)36(45)29-20-28(18-19-32(29)46-33(25)23-40(3)22-27-12-6-4-7-13-27)38-34(43)16-8-5-9-17-35(44)39-31-15-11-10-14-30(31)37/h4,6-7,10-15,18-20,25-26,33,42H,5,8-9,16-17,21-24,37H2,1-3H3,(H,38,43)(H,39,44)/t25-,26-,33+/m1/s1. The van der Waals surface area contributed by atoms with Gasteiger partial charge < -0.3 is 31.1 Å². The van der Waals surface area contributed by atoms with E-state index in [4.69, 9.17) is 10.5 Å². The summed E-state index contributed by atoms with van der Waals surface area (Å²) < 4.78 is 6.50. The van der Waals surface area contributed by atoms with Crippen molar-refractivity contribution in [3.8, 4) is 5.75 Å². The maximum Gasteiger partial charge on any atom is 0.258 e. The lowest BCUT2D eigenvalue weighted by Gasteiger charge is -2.38. The van der Waals surface area contributed by atoms with Gasteiger partial charge in [-0.3, -0.25) is 19.3 Å². The minimum absolute atomic E-state index is 0.00579. The molecular weight excluding hydrogens is 582 g/mol. The molecular formula is C36H47N5O5. The lowest BCUT2D eigenvalue weighted by atomic mass is 9.99. The number of amides is 3. The number of rotatable bonds is 14. The highest BCUT2D eigenvalue weighted by molar-refractivity contribution is 6.00. The van der Waals surface area contributed by atoms with Gasteiger partial charge in [-0.15, -0.1) is 0 Å².